The van der Waals surface area contributed by atoms with Crippen LogP contribution in [0, 0.1) is 22.7 Å². The number of sulfonamides is 1. The summed E-state index contributed by atoms with van der Waals surface area (Å²) in [7, 11) is -2.53. The van der Waals surface area contributed by atoms with Gasteiger partial charge in [0.25, 0.3) is 15.9 Å². The highest BCUT2D eigenvalue weighted by molar-refractivity contribution is 7.89. The van der Waals surface area contributed by atoms with Crippen molar-refractivity contribution in [3.05, 3.63) is 37.1 Å². The lowest BCUT2D eigenvalue weighted by Gasteiger charge is -2.38. The smallest absolute Gasteiger partial charge is 0.315 e. The molecule has 1 aromatic rings. The second-order valence-corrected chi connectivity index (χ2v) is 17.7. The molecule has 1 aliphatic rings. The summed E-state index contributed by atoms with van der Waals surface area (Å²) in [5, 5.41) is 10.8. The Balaban J connectivity index is 2.34. The molecule has 2 heterocycles. The number of amides is 5. The van der Waals surface area contributed by atoms with Crippen LogP contribution in [0.2, 0.25) is 0 Å². The molecule has 1 aromatic heterocycles. The third-order valence-electron chi connectivity index (χ3n) is 9.18. The monoisotopic (exact) mass is 733 g/mol. The van der Waals surface area contributed by atoms with Gasteiger partial charge in [-0.2, -0.15) is 4.31 Å². The predicted molar refractivity (Wildman–Crippen MR) is 196 cm³/mol. The second-order valence-electron chi connectivity index (χ2n) is 15.7. The number of nitrogens with one attached hydrogen (secondary N) is 4. The van der Waals surface area contributed by atoms with E-state index in [0.29, 0.717) is 12.8 Å². The van der Waals surface area contributed by atoms with E-state index in [1.54, 1.807) is 32.9 Å². The summed E-state index contributed by atoms with van der Waals surface area (Å²) < 4.78 is 27.6. The number of carbonyl (C=O) groups is 5. The van der Waals surface area contributed by atoms with Gasteiger partial charge in [0.1, 0.15) is 12.1 Å². The molecule has 1 aliphatic heterocycles. The van der Waals surface area contributed by atoms with E-state index in [9.17, 15) is 32.4 Å². The van der Waals surface area contributed by atoms with E-state index in [-0.39, 0.29) is 42.9 Å². The summed E-state index contributed by atoms with van der Waals surface area (Å²) in [6.45, 7) is 20.6. The Bertz CT molecular complexity index is 1500. The average molecular weight is 734 g/mol. The average Bonchev–Trinajstić information content (AvgIpc) is 3.50. The van der Waals surface area contributed by atoms with Gasteiger partial charge in [0.15, 0.2) is 5.03 Å². The minimum Gasteiger partial charge on any atom is -0.346 e. The molecule has 4 N–H and O–H groups in total. The van der Waals surface area contributed by atoms with E-state index in [2.05, 4.69) is 32.8 Å². The lowest BCUT2D eigenvalue weighted by Crippen LogP contribution is -2.62. The van der Waals surface area contributed by atoms with Crippen molar-refractivity contribution in [3.63, 3.8) is 0 Å². The Morgan fingerprint density at radius 3 is 2.20 bits per heavy atom. The first-order valence-electron chi connectivity index (χ1n) is 17.6. The minimum absolute atomic E-state index is 0.00556. The van der Waals surface area contributed by atoms with Gasteiger partial charge in [0, 0.05) is 38.9 Å². The standard InChI is InChI=1S/C36H59N7O7S/c1-12-16-25(29(44)32(46)38-19-13-2)39-31(45)28-24(23(3)4)18-21-43(28)33(47)30(36(8,9)10)41-34(48)40-26(35(5,6)7)22-42(11)51(49,50)27-17-14-15-20-37-27/h13-15,17,20,23-26,28,30H,2,12,16,18-19,21-22H2,1,3-11H3,(H,38,46)(H,39,45)(H2,40,41,48)/t24-,25?,26-,28+,30-/m1/s1. The number of likely N-dealkylation sites (N-methyl/N-ethyl adjacent to an activating group) is 1. The van der Waals surface area contributed by atoms with Crippen LogP contribution in [-0.4, -0.2) is 103 Å². The van der Waals surface area contributed by atoms with Gasteiger partial charge in [0.2, 0.25) is 17.6 Å². The molecule has 51 heavy (non-hydrogen) atoms. The summed E-state index contributed by atoms with van der Waals surface area (Å²) >= 11 is 0. The van der Waals surface area contributed by atoms with Crippen molar-refractivity contribution >= 4 is 39.6 Å². The van der Waals surface area contributed by atoms with Crippen LogP contribution >= 0.6 is 0 Å². The third kappa shape index (κ3) is 11.6. The zero-order chi connectivity index (χ0) is 38.9. The number of aromatic nitrogens is 1. The maximum absolute atomic E-state index is 14.4. The van der Waals surface area contributed by atoms with Crippen LogP contribution in [0.1, 0.15) is 81.6 Å². The number of hydrogen-bond acceptors (Lipinski definition) is 8. The molecule has 0 radical (unpaired) electrons. The van der Waals surface area contributed by atoms with Gasteiger partial charge in [-0.3, -0.25) is 19.2 Å². The van der Waals surface area contributed by atoms with E-state index in [4.69, 9.17) is 0 Å². The number of nitrogens with zero attached hydrogens (tertiary/aromatic N) is 3. The number of pyridine rings is 1. The number of rotatable bonds is 16. The topological polar surface area (TPSA) is 187 Å². The molecule has 14 nitrogen and oxygen atoms in total. The zero-order valence-corrected chi connectivity index (χ0v) is 32.7. The first kappa shape index (κ1) is 43.3. The molecule has 5 amide bonds. The molecule has 2 rings (SSSR count). The van der Waals surface area contributed by atoms with Crippen molar-refractivity contribution in [2.45, 2.75) is 111 Å². The Morgan fingerprint density at radius 2 is 1.69 bits per heavy atom. The number of urea groups is 1. The predicted octanol–water partition coefficient (Wildman–Crippen LogP) is 2.86. The molecule has 0 aromatic carbocycles. The van der Waals surface area contributed by atoms with Crippen LogP contribution in [0.3, 0.4) is 0 Å². The van der Waals surface area contributed by atoms with Gasteiger partial charge in [-0.1, -0.05) is 80.9 Å². The summed E-state index contributed by atoms with van der Waals surface area (Å²) in [6.07, 6.45) is 4.13. The quantitative estimate of drug-likeness (QED) is 0.148. The largest absolute Gasteiger partial charge is 0.346 e. The van der Waals surface area contributed by atoms with Crippen LogP contribution in [-0.2, 0) is 29.2 Å². The van der Waals surface area contributed by atoms with Gasteiger partial charge in [0.05, 0.1) is 6.04 Å². The molecular weight excluding hydrogens is 675 g/mol. The molecular formula is C36H59N7O7S. The van der Waals surface area contributed by atoms with E-state index in [1.165, 1.54) is 30.3 Å². The van der Waals surface area contributed by atoms with Crippen LogP contribution in [0.5, 0.6) is 0 Å². The van der Waals surface area contributed by atoms with Crippen molar-refractivity contribution in [2.75, 3.05) is 26.7 Å². The molecule has 1 unspecified atom stereocenters. The first-order valence-corrected chi connectivity index (χ1v) is 19.0. The molecule has 0 bridgehead atoms. The van der Waals surface area contributed by atoms with Crippen molar-refractivity contribution in [1.82, 2.24) is 35.5 Å². The van der Waals surface area contributed by atoms with Gasteiger partial charge in [-0.15, -0.1) is 6.58 Å². The number of ketones is 1. The lowest BCUT2D eigenvalue weighted by molar-refractivity contribution is -0.144. The molecule has 1 fully saturated rings. The normalized spacial score (nSPS) is 18.5. The lowest BCUT2D eigenvalue weighted by atomic mass is 9.84. The SMILES string of the molecule is C=CCNC(=O)C(=O)C(CCC)NC(=O)[C@@H]1[C@@H](C(C)C)CCN1C(=O)[C@@H](NC(=O)N[C@H](CN(C)S(=O)(=O)c1ccccn1)C(C)(C)C)C(C)(C)C. The maximum atomic E-state index is 14.4. The Morgan fingerprint density at radius 1 is 1.04 bits per heavy atom. The van der Waals surface area contributed by atoms with Crippen molar-refractivity contribution in [3.8, 4) is 0 Å². The molecule has 1 saturated heterocycles. The van der Waals surface area contributed by atoms with E-state index in [1.807, 2.05) is 41.5 Å². The number of Topliss-reactive ketones (excluding diaryl/α,β-unsaturated/α-hetero) is 1. The summed E-state index contributed by atoms with van der Waals surface area (Å²) in [5.74, 6) is -2.84. The fourth-order valence-corrected chi connectivity index (χ4v) is 7.13. The summed E-state index contributed by atoms with van der Waals surface area (Å²) in [4.78, 5) is 73.0. The van der Waals surface area contributed by atoms with Gasteiger partial charge in [-0.25, -0.2) is 18.2 Å². The van der Waals surface area contributed by atoms with E-state index < -0.39 is 74.6 Å². The van der Waals surface area contributed by atoms with Gasteiger partial charge in [-0.05, 0) is 47.6 Å². The number of likely N-dealkylation sites (tertiary alicyclic amines) is 1. The van der Waals surface area contributed by atoms with Crippen LogP contribution in [0.4, 0.5) is 4.79 Å². The third-order valence-corrected chi connectivity index (χ3v) is 10.9. The van der Waals surface area contributed by atoms with Gasteiger partial charge >= 0.3 is 6.03 Å². The fraction of sp³-hybridized carbons (Fsp3) is 0.667. The maximum Gasteiger partial charge on any atom is 0.315 e. The summed E-state index contributed by atoms with van der Waals surface area (Å²) in [6, 6.07) is 0.151. The second kappa shape index (κ2) is 18.1. The minimum atomic E-state index is -3.95. The van der Waals surface area contributed by atoms with E-state index >= 15 is 0 Å². The highest BCUT2D eigenvalue weighted by atomic mass is 32.2. The fourth-order valence-electron chi connectivity index (χ4n) is 6.02. The molecule has 5 atom stereocenters. The van der Waals surface area contributed by atoms with Crippen LogP contribution in [0.15, 0.2) is 42.1 Å². The van der Waals surface area contributed by atoms with Crippen molar-refractivity contribution in [1.29, 1.82) is 0 Å². The molecule has 15 heteroatoms. The van der Waals surface area contributed by atoms with Crippen LogP contribution < -0.4 is 21.3 Å². The summed E-state index contributed by atoms with van der Waals surface area (Å²) in [5.41, 5.74) is -1.39. The molecule has 0 aliphatic carbocycles. The molecule has 0 saturated carbocycles. The Labute approximate surface area is 304 Å². The van der Waals surface area contributed by atoms with Crippen molar-refractivity contribution in [2.24, 2.45) is 22.7 Å². The first-order chi connectivity index (χ1) is 23.6. The zero-order valence-electron chi connectivity index (χ0n) is 31.9. The van der Waals surface area contributed by atoms with Gasteiger partial charge < -0.3 is 26.2 Å². The van der Waals surface area contributed by atoms with Crippen molar-refractivity contribution < 1.29 is 32.4 Å². The number of hydrogen-bond donors (Lipinski definition) is 4. The Hall–Kier alpha value is -3.85. The van der Waals surface area contributed by atoms with Crippen LogP contribution in [0.25, 0.3) is 0 Å². The van der Waals surface area contributed by atoms with E-state index in [0.717, 1.165) is 4.31 Å². The Kier molecular flexibility index (Phi) is 15.3. The number of carbonyl (C=O) groups excluding carboxylic acids is 5. The molecule has 0 spiro atoms. The highest BCUT2D eigenvalue weighted by Crippen LogP contribution is 2.33. The highest BCUT2D eigenvalue weighted by Gasteiger charge is 2.48. The molecule has 286 valence electrons.